The molecule has 1 aromatic carbocycles. The Hall–Kier alpha value is -1.41. The highest BCUT2D eigenvalue weighted by Crippen LogP contribution is 2.25. The molecule has 1 aromatic rings. The molecule has 0 unspecified atom stereocenters. The standard InChI is InChI=1S/C12H14FNO2S/c1-10(11-6-2-3-7-12(11)13)17(15,16)9-5-4-8-14/h2-3,6-7,10H,4-5,9H2,1H3/t10-/m1/s1. The molecular weight excluding hydrogens is 241 g/mol. The number of hydrogen-bond donors (Lipinski definition) is 0. The summed E-state index contributed by atoms with van der Waals surface area (Å²) in [6.45, 7) is 1.47. The third kappa shape index (κ3) is 3.53. The number of sulfone groups is 1. The molecule has 0 aliphatic heterocycles. The molecule has 0 bridgehead atoms. The third-order valence-electron chi connectivity index (χ3n) is 2.60. The molecule has 92 valence electrons. The lowest BCUT2D eigenvalue weighted by Gasteiger charge is -2.13. The number of benzene rings is 1. The van der Waals surface area contributed by atoms with Gasteiger partial charge in [-0.15, -0.1) is 0 Å². The van der Waals surface area contributed by atoms with Crippen molar-refractivity contribution in [2.24, 2.45) is 0 Å². The number of hydrogen-bond acceptors (Lipinski definition) is 3. The van der Waals surface area contributed by atoms with E-state index in [4.69, 9.17) is 5.26 Å². The minimum absolute atomic E-state index is 0.0872. The van der Waals surface area contributed by atoms with Crippen LogP contribution in [0.3, 0.4) is 0 Å². The summed E-state index contributed by atoms with van der Waals surface area (Å²) in [5.41, 5.74) is 0.185. The molecule has 0 saturated carbocycles. The second-order valence-corrected chi connectivity index (χ2v) is 6.23. The lowest BCUT2D eigenvalue weighted by Crippen LogP contribution is -2.15. The van der Waals surface area contributed by atoms with Gasteiger partial charge in [-0.3, -0.25) is 0 Å². The predicted octanol–water partition coefficient (Wildman–Crippen LogP) is 2.61. The Morgan fingerprint density at radius 3 is 2.65 bits per heavy atom. The van der Waals surface area contributed by atoms with E-state index >= 15 is 0 Å². The van der Waals surface area contributed by atoms with Crippen LogP contribution in [0.1, 0.15) is 30.6 Å². The van der Waals surface area contributed by atoms with Crippen molar-refractivity contribution in [2.45, 2.75) is 25.0 Å². The molecule has 0 N–H and O–H groups in total. The maximum absolute atomic E-state index is 13.4. The summed E-state index contributed by atoms with van der Waals surface area (Å²) in [5.74, 6) is -0.598. The molecule has 0 spiro atoms. The molecule has 3 nitrogen and oxygen atoms in total. The van der Waals surface area contributed by atoms with Gasteiger partial charge >= 0.3 is 0 Å². The van der Waals surface area contributed by atoms with Gasteiger partial charge in [-0.2, -0.15) is 5.26 Å². The third-order valence-corrected chi connectivity index (χ3v) is 4.79. The van der Waals surface area contributed by atoms with Crippen LogP contribution in [0, 0.1) is 17.1 Å². The Morgan fingerprint density at radius 2 is 2.06 bits per heavy atom. The minimum atomic E-state index is -3.40. The summed E-state index contributed by atoms with van der Waals surface area (Å²) in [4.78, 5) is 0. The van der Waals surface area contributed by atoms with Gasteiger partial charge in [-0.1, -0.05) is 18.2 Å². The Balaban J connectivity index is 2.86. The first-order chi connectivity index (χ1) is 7.99. The van der Waals surface area contributed by atoms with E-state index in [1.54, 1.807) is 6.07 Å². The molecule has 0 saturated heterocycles. The topological polar surface area (TPSA) is 57.9 Å². The van der Waals surface area contributed by atoms with Crippen LogP contribution in [0.2, 0.25) is 0 Å². The normalized spacial score (nSPS) is 13.0. The second kappa shape index (κ2) is 5.78. The van der Waals surface area contributed by atoms with Crippen molar-refractivity contribution in [1.29, 1.82) is 5.26 Å². The van der Waals surface area contributed by atoms with Gasteiger partial charge in [-0.25, -0.2) is 12.8 Å². The molecule has 0 aromatic heterocycles. The summed E-state index contributed by atoms with van der Waals surface area (Å²) in [6, 6.07) is 7.75. The molecule has 0 fully saturated rings. The minimum Gasteiger partial charge on any atom is -0.228 e. The van der Waals surface area contributed by atoms with Crippen LogP contribution < -0.4 is 0 Å². The van der Waals surface area contributed by atoms with E-state index in [0.29, 0.717) is 0 Å². The first-order valence-electron chi connectivity index (χ1n) is 5.32. The molecule has 1 rings (SSSR count). The van der Waals surface area contributed by atoms with Crippen LogP contribution in [0.5, 0.6) is 0 Å². The van der Waals surface area contributed by atoms with Gasteiger partial charge in [0.15, 0.2) is 9.84 Å². The van der Waals surface area contributed by atoms with Gasteiger partial charge in [0.1, 0.15) is 5.82 Å². The summed E-state index contributed by atoms with van der Waals surface area (Å²) in [5, 5.41) is 7.49. The summed E-state index contributed by atoms with van der Waals surface area (Å²) >= 11 is 0. The van der Waals surface area contributed by atoms with Gasteiger partial charge in [0.2, 0.25) is 0 Å². The van der Waals surface area contributed by atoms with E-state index in [9.17, 15) is 12.8 Å². The lowest BCUT2D eigenvalue weighted by atomic mass is 10.1. The first-order valence-corrected chi connectivity index (χ1v) is 7.03. The van der Waals surface area contributed by atoms with Crippen LogP contribution in [0.25, 0.3) is 0 Å². The Bertz CT molecular complexity index is 520. The van der Waals surface area contributed by atoms with Crippen LogP contribution in [-0.4, -0.2) is 14.2 Å². The average molecular weight is 255 g/mol. The van der Waals surface area contributed by atoms with E-state index in [2.05, 4.69) is 0 Å². The van der Waals surface area contributed by atoms with Crippen molar-refractivity contribution >= 4 is 9.84 Å². The molecule has 0 heterocycles. The zero-order valence-electron chi connectivity index (χ0n) is 9.56. The quantitative estimate of drug-likeness (QED) is 0.760. The number of halogens is 1. The Morgan fingerprint density at radius 1 is 1.41 bits per heavy atom. The molecular formula is C12H14FNO2S. The SMILES string of the molecule is C[C@H](c1ccccc1F)S(=O)(=O)CCCC#N. The average Bonchev–Trinajstić information content (AvgIpc) is 2.29. The van der Waals surface area contributed by atoms with Crippen molar-refractivity contribution < 1.29 is 12.8 Å². The van der Waals surface area contributed by atoms with Crippen molar-refractivity contribution in [3.8, 4) is 6.07 Å². The van der Waals surface area contributed by atoms with Gasteiger partial charge in [-0.05, 0) is 19.4 Å². The molecule has 0 aliphatic rings. The fourth-order valence-electron chi connectivity index (χ4n) is 1.53. The highest BCUT2D eigenvalue weighted by molar-refractivity contribution is 7.91. The fourth-order valence-corrected chi connectivity index (χ4v) is 3.01. The number of unbranched alkanes of at least 4 members (excludes halogenated alkanes) is 1. The number of nitrogens with zero attached hydrogens (tertiary/aromatic N) is 1. The van der Waals surface area contributed by atoms with E-state index in [0.717, 1.165) is 0 Å². The molecule has 0 radical (unpaired) electrons. The fraction of sp³-hybridized carbons (Fsp3) is 0.417. The van der Waals surface area contributed by atoms with Crippen molar-refractivity contribution in [3.05, 3.63) is 35.6 Å². The van der Waals surface area contributed by atoms with Gasteiger partial charge in [0.05, 0.1) is 17.1 Å². The maximum Gasteiger partial charge on any atom is 0.157 e. The zero-order valence-corrected chi connectivity index (χ0v) is 10.4. The van der Waals surface area contributed by atoms with Gasteiger partial charge in [0.25, 0.3) is 0 Å². The lowest BCUT2D eigenvalue weighted by molar-refractivity contribution is 0.572. The first kappa shape index (κ1) is 13.7. The molecule has 17 heavy (non-hydrogen) atoms. The van der Waals surface area contributed by atoms with Crippen LogP contribution in [0.4, 0.5) is 4.39 Å². The maximum atomic E-state index is 13.4. The van der Waals surface area contributed by atoms with E-state index in [1.807, 2.05) is 6.07 Å². The van der Waals surface area contributed by atoms with E-state index in [-0.39, 0.29) is 24.2 Å². The van der Waals surface area contributed by atoms with Crippen molar-refractivity contribution in [1.82, 2.24) is 0 Å². The second-order valence-electron chi connectivity index (χ2n) is 3.79. The predicted molar refractivity (Wildman–Crippen MR) is 63.4 cm³/mol. The smallest absolute Gasteiger partial charge is 0.157 e. The monoisotopic (exact) mass is 255 g/mol. The summed E-state index contributed by atoms with van der Waals surface area (Å²) in [6.07, 6.45) is 0.487. The number of rotatable bonds is 5. The van der Waals surface area contributed by atoms with E-state index < -0.39 is 20.9 Å². The molecule has 1 atom stereocenters. The Labute approximate surface area is 101 Å². The Kier molecular flexibility index (Phi) is 4.64. The van der Waals surface area contributed by atoms with E-state index in [1.165, 1.54) is 25.1 Å². The van der Waals surface area contributed by atoms with Gasteiger partial charge in [0, 0.05) is 12.0 Å². The summed E-state index contributed by atoms with van der Waals surface area (Å²) < 4.78 is 37.2. The highest BCUT2D eigenvalue weighted by atomic mass is 32.2. The highest BCUT2D eigenvalue weighted by Gasteiger charge is 2.24. The van der Waals surface area contributed by atoms with Crippen LogP contribution in [-0.2, 0) is 9.84 Å². The molecule has 0 aliphatic carbocycles. The molecule has 0 amide bonds. The number of nitriles is 1. The summed E-state index contributed by atoms with van der Waals surface area (Å²) in [7, 11) is -3.40. The van der Waals surface area contributed by atoms with Crippen molar-refractivity contribution in [3.63, 3.8) is 0 Å². The largest absolute Gasteiger partial charge is 0.228 e. The van der Waals surface area contributed by atoms with Crippen molar-refractivity contribution in [2.75, 3.05) is 5.75 Å². The molecule has 5 heteroatoms. The zero-order chi connectivity index (χ0) is 12.9. The van der Waals surface area contributed by atoms with Gasteiger partial charge < -0.3 is 0 Å². The van der Waals surface area contributed by atoms with Crippen LogP contribution in [0.15, 0.2) is 24.3 Å². The van der Waals surface area contributed by atoms with Crippen LogP contribution >= 0.6 is 0 Å².